The lowest BCUT2D eigenvalue weighted by molar-refractivity contribution is -0.168. The van der Waals surface area contributed by atoms with Crippen LogP contribution in [0.3, 0.4) is 0 Å². The van der Waals surface area contributed by atoms with Gasteiger partial charge < -0.3 is 0 Å². The van der Waals surface area contributed by atoms with Gasteiger partial charge in [-0.05, 0) is 11.8 Å². The van der Waals surface area contributed by atoms with Crippen LogP contribution in [0.1, 0.15) is 27.2 Å². The van der Waals surface area contributed by atoms with Crippen molar-refractivity contribution in [1.29, 1.82) is 0 Å². The van der Waals surface area contributed by atoms with E-state index < -0.39 is 28.4 Å². The Bertz CT molecular complexity index is 386. The zero-order valence-electron chi connectivity index (χ0n) is 10.2. The minimum absolute atomic E-state index is 0.363. The molecule has 0 saturated heterocycles. The van der Waals surface area contributed by atoms with Gasteiger partial charge in [0.15, 0.2) is 0 Å². The Labute approximate surface area is 98.7 Å². The second-order valence-corrected chi connectivity index (χ2v) is 4.79. The SMILES string of the molecule is C=CC1=CC=C(C(C)(C)CC)C(F)(F)C1(F)F. The topological polar surface area (TPSA) is 0 Å². The van der Waals surface area contributed by atoms with Crippen molar-refractivity contribution in [2.24, 2.45) is 5.41 Å². The van der Waals surface area contributed by atoms with Crippen LogP contribution >= 0.6 is 0 Å². The Morgan fingerprint density at radius 1 is 1.18 bits per heavy atom. The molecule has 0 saturated carbocycles. The summed E-state index contributed by atoms with van der Waals surface area (Å²) in [5, 5.41) is 0. The highest BCUT2D eigenvalue weighted by Gasteiger charge is 2.63. The van der Waals surface area contributed by atoms with E-state index in [0.29, 0.717) is 6.42 Å². The van der Waals surface area contributed by atoms with Crippen molar-refractivity contribution < 1.29 is 17.6 Å². The average molecular weight is 248 g/mol. The first kappa shape index (κ1) is 14.0. The molecule has 0 spiro atoms. The third-order valence-corrected chi connectivity index (χ3v) is 3.36. The van der Waals surface area contributed by atoms with E-state index >= 15 is 0 Å². The molecule has 0 radical (unpaired) electrons. The van der Waals surface area contributed by atoms with Crippen molar-refractivity contribution in [2.75, 3.05) is 0 Å². The molecule has 4 heteroatoms. The number of halogens is 4. The van der Waals surface area contributed by atoms with E-state index in [1.54, 1.807) is 6.92 Å². The van der Waals surface area contributed by atoms with Crippen LogP contribution in [0.25, 0.3) is 0 Å². The second-order valence-electron chi connectivity index (χ2n) is 4.79. The summed E-state index contributed by atoms with van der Waals surface area (Å²) in [7, 11) is 0. The van der Waals surface area contributed by atoms with Crippen LogP contribution in [-0.2, 0) is 0 Å². The van der Waals surface area contributed by atoms with Crippen LogP contribution in [-0.4, -0.2) is 11.8 Å². The minimum atomic E-state index is -4.19. The predicted molar refractivity (Wildman–Crippen MR) is 60.3 cm³/mol. The van der Waals surface area contributed by atoms with E-state index in [2.05, 4.69) is 6.58 Å². The fourth-order valence-electron chi connectivity index (χ4n) is 1.77. The lowest BCUT2D eigenvalue weighted by Gasteiger charge is -2.39. The number of allylic oxidation sites excluding steroid dienone is 5. The summed E-state index contributed by atoms with van der Waals surface area (Å²) in [4.78, 5) is 0. The summed E-state index contributed by atoms with van der Waals surface area (Å²) < 4.78 is 55.0. The van der Waals surface area contributed by atoms with Gasteiger partial charge in [0.25, 0.3) is 0 Å². The zero-order chi connectivity index (χ0) is 13.5. The predicted octanol–water partition coefficient (Wildman–Crippen LogP) is 4.75. The lowest BCUT2D eigenvalue weighted by Crippen LogP contribution is -2.48. The van der Waals surface area contributed by atoms with Gasteiger partial charge in [0, 0.05) is 11.1 Å². The van der Waals surface area contributed by atoms with Gasteiger partial charge in [-0.25, -0.2) is 0 Å². The van der Waals surface area contributed by atoms with E-state index in [4.69, 9.17) is 0 Å². The molecular formula is C13H16F4. The summed E-state index contributed by atoms with van der Waals surface area (Å²) in [5.41, 5.74) is -2.22. The van der Waals surface area contributed by atoms with Crippen molar-refractivity contribution in [3.8, 4) is 0 Å². The summed E-state index contributed by atoms with van der Waals surface area (Å²) >= 11 is 0. The van der Waals surface area contributed by atoms with E-state index in [1.165, 1.54) is 13.8 Å². The van der Waals surface area contributed by atoms with Crippen LogP contribution in [0.2, 0.25) is 0 Å². The first-order valence-corrected chi connectivity index (χ1v) is 5.42. The van der Waals surface area contributed by atoms with Gasteiger partial charge in [-0.2, -0.15) is 17.6 Å². The molecule has 0 N–H and O–H groups in total. The highest BCUT2D eigenvalue weighted by atomic mass is 19.3. The molecule has 0 bridgehead atoms. The maximum atomic E-state index is 13.9. The molecule has 0 amide bonds. The molecule has 0 unspecified atom stereocenters. The number of alkyl halides is 4. The zero-order valence-corrected chi connectivity index (χ0v) is 10.2. The molecule has 1 rings (SSSR count). The quantitative estimate of drug-likeness (QED) is 0.632. The van der Waals surface area contributed by atoms with Crippen LogP contribution in [0.5, 0.6) is 0 Å². The molecule has 0 heterocycles. The molecule has 1 aliphatic rings. The molecule has 17 heavy (non-hydrogen) atoms. The second kappa shape index (κ2) is 4.00. The van der Waals surface area contributed by atoms with Gasteiger partial charge in [-0.1, -0.05) is 45.6 Å². The molecule has 0 atom stereocenters. The summed E-state index contributed by atoms with van der Waals surface area (Å²) in [6.45, 7) is 7.91. The van der Waals surface area contributed by atoms with Crippen molar-refractivity contribution in [3.05, 3.63) is 36.0 Å². The summed E-state index contributed by atoms with van der Waals surface area (Å²) in [6, 6.07) is 0. The minimum Gasteiger partial charge on any atom is -0.194 e. The highest BCUT2D eigenvalue weighted by Crippen LogP contribution is 2.53. The molecule has 0 fully saturated rings. The Morgan fingerprint density at radius 2 is 1.71 bits per heavy atom. The summed E-state index contributed by atoms with van der Waals surface area (Å²) in [5.74, 6) is -8.35. The normalized spacial score (nSPS) is 22.8. The number of hydrogen-bond acceptors (Lipinski definition) is 0. The van der Waals surface area contributed by atoms with E-state index in [1.807, 2.05) is 0 Å². The fraction of sp³-hybridized carbons (Fsp3) is 0.538. The Kier molecular flexibility index (Phi) is 3.29. The average Bonchev–Trinajstić information content (AvgIpc) is 2.21. The molecule has 0 aromatic carbocycles. The van der Waals surface area contributed by atoms with Crippen LogP contribution < -0.4 is 0 Å². The first-order valence-electron chi connectivity index (χ1n) is 5.42. The maximum absolute atomic E-state index is 13.9. The van der Waals surface area contributed by atoms with Crippen molar-refractivity contribution in [1.82, 2.24) is 0 Å². The number of rotatable bonds is 3. The van der Waals surface area contributed by atoms with Gasteiger partial charge in [-0.3, -0.25) is 0 Å². The largest absolute Gasteiger partial charge is 0.339 e. The van der Waals surface area contributed by atoms with Gasteiger partial charge >= 0.3 is 11.8 Å². The molecule has 0 nitrogen and oxygen atoms in total. The van der Waals surface area contributed by atoms with Crippen molar-refractivity contribution in [2.45, 2.75) is 39.0 Å². The Balaban J connectivity index is 3.40. The van der Waals surface area contributed by atoms with E-state index in [-0.39, 0.29) is 0 Å². The van der Waals surface area contributed by atoms with Crippen molar-refractivity contribution in [3.63, 3.8) is 0 Å². The first-order chi connectivity index (χ1) is 7.61. The third kappa shape index (κ3) is 1.94. The molecule has 1 aliphatic carbocycles. The molecule has 0 aromatic rings. The Hall–Kier alpha value is -1.06. The molecule has 0 aromatic heterocycles. The van der Waals surface area contributed by atoms with Gasteiger partial charge in [0.1, 0.15) is 0 Å². The van der Waals surface area contributed by atoms with Crippen LogP contribution in [0.4, 0.5) is 17.6 Å². The van der Waals surface area contributed by atoms with Crippen LogP contribution in [0, 0.1) is 5.41 Å². The summed E-state index contributed by atoms with van der Waals surface area (Å²) in [6.07, 6.45) is 3.26. The van der Waals surface area contributed by atoms with E-state index in [9.17, 15) is 17.6 Å². The number of hydrogen-bond donors (Lipinski definition) is 0. The van der Waals surface area contributed by atoms with Gasteiger partial charge in [-0.15, -0.1) is 0 Å². The third-order valence-electron chi connectivity index (χ3n) is 3.36. The maximum Gasteiger partial charge on any atom is 0.339 e. The molecule has 0 aliphatic heterocycles. The molecular weight excluding hydrogens is 232 g/mol. The highest BCUT2D eigenvalue weighted by molar-refractivity contribution is 5.44. The van der Waals surface area contributed by atoms with Crippen LogP contribution in [0.15, 0.2) is 36.0 Å². The van der Waals surface area contributed by atoms with E-state index in [0.717, 1.165) is 18.2 Å². The van der Waals surface area contributed by atoms with Crippen molar-refractivity contribution >= 4 is 0 Å². The van der Waals surface area contributed by atoms with Gasteiger partial charge in [0.05, 0.1) is 0 Å². The monoisotopic (exact) mass is 248 g/mol. The lowest BCUT2D eigenvalue weighted by atomic mass is 9.73. The standard InChI is InChI=1S/C13H16F4/c1-5-9-7-8-10(11(3,4)6-2)13(16,17)12(9,14)15/h5,7-8H,1,6H2,2-4H3. The van der Waals surface area contributed by atoms with Gasteiger partial charge in [0.2, 0.25) is 0 Å². The smallest absolute Gasteiger partial charge is 0.194 e. The Morgan fingerprint density at radius 3 is 2.12 bits per heavy atom. The molecule has 96 valence electrons. The fourth-order valence-corrected chi connectivity index (χ4v) is 1.77.